The molecule has 0 heterocycles. The molecule has 0 aromatic carbocycles. The molecule has 0 rings (SSSR count). The zero-order valence-electron chi connectivity index (χ0n) is 5.17. The minimum absolute atomic E-state index is 0.375. The Labute approximate surface area is 77.7 Å². The average molecular weight is 159 g/mol. The van der Waals surface area contributed by atoms with Crippen molar-refractivity contribution in [3.8, 4) is 0 Å². The minimum atomic E-state index is -1.22. The molecular formula is C4H9CaNO3. The van der Waals surface area contributed by atoms with Gasteiger partial charge in [0.25, 0.3) is 0 Å². The van der Waals surface area contributed by atoms with E-state index in [0.717, 1.165) is 2.52 Å². The average Bonchev–Trinajstić information content (AvgIpc) is 1.89. The molecular weight excluding hydrogens is 150 g/mol. The van der Waals surface area contributed by atoms with Crippen molar-refractivity contribution in [2.24, 2.45) is 5.73 Å². The summed E-state index contributed by atoms with van der Waals surface area (Å²) in [5.41, 5.74) is 4.51. The van der Waals surface area contributed by atoms with Crippen LogP contribution in [0.15, 0.2) is 0 Å². The Morgan fingerprint density at radius 3 is 2.00 bits per heavy atom. The second-order valence-electron chi connectivity index (χ2n) is 1.15. The maximum absolute atomic E-state index is 9.13. The van der Waals surface area contributed by atoms with Crippen LogP contribution in [0, 0.1) is 0 Å². The molecule has 0 unspecified atom stereocenters. The van der Waals surface area contributed by atoms with Crippen molar-refractivity contribution >= 4 is 41.8 Å². The van der Waals surface area contributed by atoms with Gasteiger partial charge >= 0.3 is 50.0 Å². The molecule has 0 atom stereocenters. The molecule has 50 valence electrons. The van der Waals surface area contributed by atoms with Gasteiger partial charge in [0.1, 0.15) is 0 Å². The number of aliphatic hydroxyl groups excluding tert-OH is 1. The Balaban J connectivity index is 0. The van der Waals surface area contributed by atoms with Gasteiger partial charge in [0, 0.05) is 6.54 Å². The topological polar surface area (TPSA) is 86.4 Å². The monoisotopic (exact) mass is 159 g/mol. The van der Waals surface area contributed by atoms with E-state index in [1.54, 1.807) is 0 Å². The number of carboxylic acids is 1. The SMILES string of the molecule is NCC(=O)[O-].OC[CH2][Ca+]. The standard InChI is InChI=1S/C2H5NO2.C2H5O.Ca/c3-1-2(4)5;1-2-3;/h1,3H2,(H,4,5);3H,1-2H2;/q;;+1/p-1. The normalized spacial score (nSPS) is 7.56. The second-order valence-corrected chi connectivity index (χ2v) is 2.26. The number of aliphatic hydroxyl groups is 1. The van der Waals surface area contributed by atoms with Gasteiger partial charge in [0.15, 0.2) is 0 Å². The molecule has 9 heavy (non-hydrogen) atoms. The maximum atomic E-state index is 9.13. The van der Waals surface area contributed by atoms with Gasteiger partial charge in [-0.05, 0) is 0 Å². The van der Waals surface area contributed by atoms with Crippen molar-refractivity contribution in [3.63, 3.8) is 0 Å². The molecule has 0 aliphatic heterocycles. The van der Waals surface area contributed by atoms with Crippen LogP contribution in [0.2, 0.25) is 2.52 Å². The van der Waals surface area contributed by atoms with Crippen molar-refractivity contribution in [2.75, 3.05) is 13.2 Å². The van der Waals surface area contributed by atoms with Crippen LogP contribution in [0.1, 0.15) is 0 Å². The van der Waals surface area contributed by atoms with E-state index in [1.165, 1.54) is 35.8 Å². The van der Waals surface area contributed by atoms with Gasteiger partial charge in [-0.1, -0.05) is 0 Å². The van der Waals surface area contributed by atoms with Crippen molar-refractivity contribution in [1.82, 2.24) is 0 Å². The summed E-state index contributed by atoms with van der Waals surface area (Å²) in [7, 11) is 0. The predicted octanol–water partition coefficient (Wildman–Crippen LogP) is -2.74. The summed E-state index contributed by atoms with van der Waals surface area (Å²) < 4.78 is 1.00. The molecule has 3 N–H and O–H groups in total. The number of hydrogen-bond donors (Lipinski definition) is 2. The first-order chi connectivity index (χ1) is 4.18. The zero-order chi connectivity index (χ0) is 7.70. The third kappa shape index (κ3) is 28.7. The summed E-state index contributed by atoms with van der Waals surface area (Å²) in [6, 6.07) is 0. The Kier molecular flexibility index (Phi) is 15.7. The molecule has 0 bridgehead atoms. The van der Waals surface area contributed by atoms with Gasteiger partial charge in [0.05, 0.1) is 5.97 Å². The molecule has 0 aliphatic rings. The van der Waals surface area contributed by atoms with Gasteiger partial charge in [-0.2, -0.15) is 0 Å². The van der Waals surface area contributed by atoms with E-state index in [4.69, 9.17) is 15.0 Å². The summed E-state index contributed by atoms with van der Waals surface area (Å²) in [4.78, 5) is 9.13. The van der Waals surface area contributed by atoms with Crippen molar-refractivity contribution in [3.05, 3.63) is 0 Å². The molecule has 0 fully saturated rings. The van der Waals surface area contributed by atoms with Crippen LogP contribution in [-0.4, -0.2) is 60.0 Å². The van der Waals surface area contributed by atoms with Gasteiger partial charge in [-0.25, -0.2) is 0 Å². The zero-order valence-corrected chi connectivity index (χ0v) is 7.38. The Morgan fingerprint density at radius 2 is 2.00 bits per heavy atom. The fraction of sp³-hybridized carbons (Fsp3) is 0.750. The van der Waals surface area contributed by atoms with E-state index < -0.39 is 5.97 Å². The number of hydrogen-bond acceptors (Lipinski definition) is 4. The summed E-state index contributed by atoms with van der Waals surface area (Å²) in [6.07, 6.45) is 0. The van der Waals surface area contributed by atoms with Gasteiger partial charge in [-0.15, -0.1) is 0 Å². The van der Waals surface area contributed by atoms with Crippen molar-refractivity contribution in [1.29, 1.82) is 0 Å². The molecule has 0 spiro atoms. The van der Waals surface area contributed by atoms with Gasteiger partial charge in [0.2, 0.25) is 0 Å². The first kappa shape index (κ1) is 12.3. The number of carbonyl (C=O) groups excluding carboxylic acids is 1. The first-order valence-electron chi connectivity index (χ1n) is 2.49. The van der Waals surface area contributed by atoms with Crippen LogP contribution < -0.4 is 10.8 Å². The van der Waals surface area contributed by atoms with Crippen molar-refractivity contribution < 1.29 is 15.0 Å². The first-order valence-corrected chi connectivity index (χ1v) is 4.05. The van der Waals surface area contributed by atoms with E-state index in [-0.39, 0.29) is 6.54 Å². The van der Waals surface area contributed by atoms with Crippen LogP contribution in [0.4, 0.5) is 0 Å². The summed E-state index contributed by atoms with van der Waals surface area (Å²) in [5.74, 6) is -1.22. The number of nitrogens with two attached hydrogens (primary N) is 1. The second kappa shape index (κ2) is 11.4. The van der Waals surface area contributed by atoms with E-state index in [9.17, 15) is 0 Å². The molecule has 0 aliphatic carbocycles. The number of carbonyl (C=O) groups is 1. The Hall–Kier alpha value is 0.650. The third-order valence-corrected chi connectivity index (χ3v) is 0.819. The van der Waals surface area contributed by atoms with Gasteiger partial charge < -0.3 is 15.6 Å². The molecule has 5 heteroatoms. The Morgan fingerprint density at radius 1 is 1.78 bits per heavy atom. The molecule has 4 nitrogen and oxygen atoms in total. The number of aliphatic carboxylic acids is 1. The van der Waals surface area contributed by atoms with E-state index >= 15 is 0 Å². The molecule has 0 aromatic rings. The molecule has 0 saturated carbocycles. The summed E-state index contributed by atoms with van der Waals surface area (Å²) in [6.45, 7) is -0.0139. The number of rotatable bonds is 2. The molecule has 0 radical (unpaired) electrons. The number of carboxylic acid groups (broad SMARTS) is 1. The quantitative estimate of drug-likeness (QED) is 0.428. The van der Waals surface area contributed by atoms with E-state index in [1.807, 2.05) is 0 Å². The van der Waals surface area contributed by atoms with E-state index in [0.29, 0.717) is 6.61 Å². The fourth-order valence-electron chi connectivity index (χ4n) is 0. The molecule has 0 amide bonds. The molecule has 0 saturated heterocycles. The Bertz CT molecular complexity index is 66.8. The van der Waals surface area contributed by atoms with E-state index in [2.05, 4.69) is 5.73 Å². The van der Waals surface area contributed by atoms with Crippen LogP contribution in [0.3, 0.4) is 0 Å². The summed E-state index contributed by atoms with van der Waals surface area (Å²) in [5, 5.41) is 17.0. The third-order valence-electron chi connectivity index (χ3n) is 0.325. The predicted molar refractivity (Wildman–Crippen MR) is 31.7 cm³/mol. The van der Waals surface area contributed by atoms with Crippen LogP contribution in [0.25, 0.3) is 0 Å². The van der Waals surface area contributed by atoms with Crippen LogP contribution in [0.5, 0.6) is 0 Å². The van der Waals surface area contributed by atoms with Gasteiger partial charge in [-0.3, -0.25) is 0 Å². The fourth-order valence-corrected chi connectivity index (χ4v) is 0. The van der Waals surface area contributed by atoms with Crippen LogP contribution >= 0.6 is 0 Å². The van der Waals surface area contributed by atoms with Crippen LogP contribution in [-0.2, 0) is 4.79 Å². The van der Waals surface area contributed by atoms with Crippen molar-refractivity contribution in [2.45, 2.75) is 2.52 Å². The summed E-state index contributed by atoms with van der Waals surface area (Å²) >= 11 is 1.22. The molecule has 0 aromatic heterocycles.